The third-order valence-electron chi connectivity index (χ3n) is 6.70. The second kappa shape index (κ2) is 9.94. The molecule has 0 spiro atoms. The molecule has 0 saturated heterocycles. The van der Waals surface area contributed by atoms with Crippen molar-refractivity contribution < 1.29 is 14.1 Å². The van der Waals surface area contributed by atoms with E-state index in [1.54, 1.807) is 24.3 Å². The van der Waals surface area contributed by atoms with Crippen LogP contribution in [-0.4, -0.2) is 22.0 Å². The van der Waals surface area contributed by atoms with E-state index in [0.717, 1.165) is 50.1 Å². The number of nitrogens with zero attached hydrogens (tertiary/aromatic N) is 2. The number of carbonyl (C=O) groups is 2. The lowest BCUT2D eigenvalue weighted by Gasteiger charge is -2.14. The number of anilines is 2. The molecule has 0 atom stereocenters. The van der Waals surface area contributed by atoms with Crippen LogP contribution in [0.15, 0.2) is 71.3 Å². The maximum absolute atomic E-state index is 13.6. The van der Waals surface area contributed by atoms with E-state index in [0.29, 0.717) is 22.7 Å². The molecule has 0 fully saturated rings. The molecule has 7 nitrogen and oxygen atoms in total. The summed E-state index contributed by atoms with van der Waals surface area (Å²) in [6.07, 6.45) is 0. The average Bonchev–Trinajstić information content (AvgIpc) is 3.21. The summed E-state index contributed by atoms with van der Waals surface area (Å²) in [5.41, 5.74) is 8.72. The summed E-state index contributed by atoms with van der Waals surface area (Å²) in [6, 6.07) is 20.6. The minimum Gasteiger partial charge on any atom is -0.338 e. The predicted octanol–water partition coefficient (Wildman–Crippen LogP) is 6.94. The van der Waals surface area contributed by atoms with Gasteiger partial charge in [-0.1, -0.05) is 41.1 Å². The van der Waals surface area contributed by atoms with E-state index in [-0.39, 0.29) is 11.8 Å². The van der Waals surface area contributed by atoms with Crippen molar-refractivity contribution >= 4 is 34.3 Å². The van der Waals surface area contributed by atoms with Crippen molar-refractivity contribution in [3.63, 3.8) is 0 Å². The maximum Gasteiger partial charge on any atom is 0.258 e. The van der Waals surface area contributed by atoms with E-state index in [9.17, 15) is 9.59 Å². The second-order valence-corrected chi connectivity index (χ2v) is 9.56. The van der Waals surface area contributed by atoms with Gasteiger partial charge in [-0.15, -0.1) is 0 Å². The molecule has 0 radical (unpaired) electrons. The Morgan fingerprint density at radius 3 is 2.21 bits per heavy atom. The number of pyridine rings is 1. The van der Waals surface area contributed by atoms with Crippen molar-refractivity contribution in [3.8, 4) is 11.3 Å². The van der Waals surface area contributed by atoms with Gasteiger partial charge in [0.05, 0.1) is 22.5 Å². The molecule has 0 aliphatic carbocycles. The van der Waals surface area contributed by atoms with Crippen molar-refractivity contribution in [1.82, 2.24) is 10.1 Å². The van der Waals surface area contributed by atoms with Gasteiger partial charge in [0.15, 0.2) is 0 Å². The Bertz CT molecular complexity index is 1700. The number of benzene rings is 3. The molecule has 38 heavy (non-hydrogen) atoms. The largest absolute Gasteiger partial charge is 0.338 e. The van der Waals surface area contributed by atoms with Crippen molar-refractivity contribution in [2.24, 2.45) is 0 Å². The van der Waals surface area contributed by atoms with Crippen LogP contribution in [0.25, 0.3) is 22.2 Å². The van der Waals surface area contributed by atoms with Gasteiger partial charge in [0, 0.05) is 27.8 Å². The van der Waals surface area contributed by atoms with Crippen LogP contribution in [0.5, 0.6) is 0 Å². The van der Waals surface area contributed by atoms with E-state index < -0.39 is 0 Å². The molecule has 190 valence electrons. The van der Waals surface area contributed by atoms with Gasteiger partial charge in [0.2, 0.25) is 5.88 Å². The highest BCUT2D eigenvalue weighted by atomic mass is 16.5. The number of hydrogen-bond acceptors (Lipinski definition) is 5. The minimum atomic E-state index is -0.323. The van der Waals surface area contributed by atoms with Crippen LogP contribution in [0.4, 0.5) is 11.6 Å². The highest BCUT2D eigenvalue weighted by molar-refractivity contribution is 6.14. The number of nitrogens with one attached hydrogen (secondary N) is 2. The summed E-state index contributed by atoms with van der Waals surface area (Å²) < 4.78 is 5.17. The number of fused-ring (bicyclic) bond motifs is 1. The van der Waals surface area contributed by atoms with Gasteiger partial charge in [-0.2, -0.15) is 0 Å². The van der Waals surface area contributed by atoms with Crippen molar-refractivity contribution in [2.75, 3.05) is 10.6 Å². The molecule has 2 aromatic heterocycles. The molecule has 0 aliphatic heterocycles. The van der Waals surface area contributed by atoms with Crippen LogP contribution in [0.1, 0.15) is 48.7 Å². The normalized spacial score (nSPS) is 11.0. The zero-order valence-electron chi connectivity index (χ0n) is 22.0. The van der Waals surface area contributed by atoms with Crippen LogP contribution >= 0.6 is 0 Å². The second-order valence-electron chi connectivity index (χ2n) is 9.56. The van der Waals surface area contributed by atoms with E-state index >= 15 is 0 Å². The fraction of sp³-hybridized carbons (Fsp3) is 0.161. The molecule has 0 unspecified atom stereocenters. The fourth-order valence-corrected chi connectivity index (χ4v) is 4.48. The lowest BCUT2D eigenvalue weighted by Crippen LogP contribution is -2.15. The SMILES string of the molecule is Cc1cc(C)c2nc(-c3ccccc3C)cc(C(=O)Nc3ccc(C(=O)Nc4onc(C)c4C)cc3)c2c1. The first-order valence-corrected chi connectivity index (χ1v) is 12.3. The fourth-order valence-electron chi connectivity index (χ4n) is 4.48. The summed E-state index contributed by atoms with van der Waals surface area (Å²) in [6.45, 7) is 9.69. The topological polar surface area (TPSA) is 97.1 Å². The van der Waals surface area contributed by atoms with E-state index in [1.807, 2.05) is 71.0 Å². The third kappa shape index (κ3) is 4.78. The van der Waals surface area contributed by atoms with Gasteiger partial charge in [0.25, 0.3) is 11.8 Å². The van der Waals surface area contributed by atoms with Crippen molar-refractivity contribution in [2.45, 2.75) is 34.6 Å². The molecule has 2 N–H and O–H groups in total. The van der Waals surface area contributed by atoms with Gasteiger partial charge < -0.3 is 9.84 Å². The van der Waals surface area contributed by atoms with Gasteiger partial charge in [-0.25, -0.2) is 4.98 Å². The van der Waals surface area contributed by atoms with E-state index in [2.05, 4.69) is 21.9 Å². The summed E-state index contributed by atoms with van der Waals surface area (Å²) >= 11 is 0. The van der Waals surface area contributed by atoms with Crippen molar-refractivity contribution in [3.05, 3.63) is 106 Å². The molecule has 7 heteroatoms. The lowest BCUT2D eigenvalue weighted by molar-refractivity contribution is 0.101. The van der Waals surface area contributed by atoms with E-state index in [4.69, 9.17) is 9.51 Å². The number of rotatable bonds is 5. The Morgan fingerprint density at radius 1 is 0.789 bits per heavy atom. The quantitative estimate of drug-likeness (QED) is 0.270. The van der Waals surface area contributed by atoms with Gasteiger partial charge in [0.1, 0.15) is 0 Å². The molecule has 3 aromatic carbocycles. The number of hydrogen-bond donors (Lipinski definition) is 2. The molecule has 2 heterocycles. The lowest BCUT2D eigenvalue weighted by atomic mass is 9.98. The van der Waals surface area contributed by atoms with Crippen LogP contribution in [-0.2, 0) is 0 Å². The number of amides is 2. The standard InChI is InChI=1S/C31H28N4O3/c1-17-14-19(3)28-25(15-17)26(16-27(33-28)24-9-7-6-8-18(24)2)30(37)32-23-12-10-22(11-13-23)29(36)34-31-20(4)21(5)35-38-31/h6-16H,1-5H3,(H,32,37)(H,34,36). The zero-order chi connectivity index (χ0) is 27.0. The molecule has 0 aliphatic rings. The van der Waals surface area contributed by atoms with Gasteiger partial charge in [-0.3, -0.25) is 14.9 Å². The number of aromatic nitrogens is 2. The Kier molecular flexibility index (Phi) is 6.51. The monoisotopic (exact) mass is 504 g/mol. The highest BCUT2D eigenvalue weighted by Gasteiger charge is 2.18. The van der Waals surface area contributed by atoms with E-state index in [1.165, 1.54) is 0 Å². The van der Waals surface area contributed by atoms with Crippen LogP contribution in [0.3, 0.4) is 0 Å². The summed E-state index contributed by atoms with van der Waals surface area (Å²) in [7, 11) is 0. The molecule has 5 rings (SSSR count). The average molecular weight is 505 g/mol. The minimum absolute atomic E-state index is 0.248. The zero-order valence-corrected chi connectivity index (χ0v) is 22.0. The number of aryl methyl sites for hydroxylation is 4. The summed E-state index contributed by atoms with van der Waals surface area (Å²) in [4.78, 5) is 31.2. The Labute approximate surface area is 220 Å². The first-order valence-electron chi connectivity index (χ1n) is 12.3. The van der Waals surface area contributed by atoms with Gasteiger partial charge >= 0.3 is 0 Å². The highest BCUT2D eigenvalue weighted by Crippen LogP contribution is 2.30. The molecule has 0 saturated carbocycles. The molecular weight excluding hydrogens is 476 g/mol. The summed E-state index contributed by atoms with van der Waals surface area (Å²) in [5.74, 6) is -0.247. The molecule has 2 amide bonds. The Morgan fingerprint density at radius 2 is 1.53 bits per heavy atom. The first-order chi connectivity index (χ1) is 18.2. The van der Waals surface area contributed by atoms with Crippen LogP contribution < -0.4 is 10.6 Å². The third-order valence-corrected chi connectivity index (χ3v) is 6.70. The maximum atomic E-state index is 13.6. The molecule has 0 bridgehead atoms. The summed E-state index contributed by atoms with van der Waals surface area (Å²) in [5, 5.41) is 10.4. The predicted molar refractivity (Wildman–Crippen MR) is 150 cm³/mol. The van der Waals surface area contributed by atoms with Gasteiger partial charge in [-0.05, 0) is 82.1 Å². The van der Waals surface area contributed by atoms with Crippen LogP contribution in [0.2, 0.25) is 0 Å². The smallest absolute Gasteiger partial charge is 0.258 e. The Balaban J connectivity index is 1.45. The first kappa shape index (κ1) is 24.9. The molecular formula is C31H28N4O3. The van der Waals surface area contributed by atoms with Crippen molar-refractivity contribution in [1.29, 1.82) is 0 Å². The number of carbonyl (C=O) groups excluding carboxylic acids is 2. The Hall–Kier alpha value is -4.78. The van der Waals surface area contributed by atoms with Crippen LogP contribution in [0, 0.1) is 34.6 Å². The molecule has 5 aromatic rings.